The molecule has 1 unspecified atom stereocenters. The van der Waals surface area contributed by atoms with E-state index in [0.717, 1.165) is 12.1 Å². The van der Waals surface area contributed by atoms with E-state index in [1.54, 1.807) is 17.0 Å². The van der Waals surface area contributed by atoms with Crippen LogP contribution in [0.15, 0.2) is 36.4 Å². The predicted molar refractivity (Wildman–Crippen MR) is 94.6 cm³/mol. The number of urea groups is 1. The Morgan fingerprint density at radius 3 is 2.65 bits per heavy atom. The third kappa shape index (κ3) is 4.09. The summed E-state index contributed by atoms with van der Waals surface area (Å²) in [5, 5.41) is 11.1. The van der Waals surface area contributed by atoms with Crippen LogP contribution in [-0.2, 0) is 0 Å². The zero-order valence-corrected chi connectivity index (χ0v) is 14.4. The minimum atomic E-state index is -0.324. The van der Waals surface area contributed by atoms with Gasteiger partial charge in [-0.1, -0.05) is 0 Å². The molecular formula is C19H21FN4O2. The summed E-state index contributed by atoms with van der Waals surface area (Å²) in [7, 11) is 0. The van der Waals surface area contributed by atoms with Crippen LogP contribution in [0.2, 0.25) is 0 Å². The smallest absolute Gasteiger partial charge is 0.321 e. The van der Waals surface area contributed by atoms with Crippen molar-refractivity contribution in [3.05, 3.63) is 47.9 Å². The van der Waals surface area contributed by atoms with E-state index < -0.39 is 0 Å². The maximum absolute atomic E-state index is 12.9. The van der Waals surface area contributed by atoms with E-state index in [2.05, 4.69) is 15.5 Å². The van der Waals surface area contributed by atoms with E-state index in [4.69, 9.17) is 4.74 Å². The van der Waals surface area contributed by atoms with Crippen molar-refractivity contribution in [2.24, 2.45) is 5.92 Å². The number of rotatable bonds is 5. The van der Waals surface area contributed by atoms with Gasteiger partial charge in [-0.05, 0) is 49.6 Å². The molecule has 7 heteroatoms. The van der Waals surface area contributed by atoms with Gasteiger partial charge in [0.05, 0.1) is 12.3 Å². The van der Waals surface area contributed by atoms with Crippen LogP contribution in [0.5, 0.6) is 5.88 Å². The van der Waals surface area contributed by atoms with Crippen molar-refractivity contribution in [3.8, 4) is 5.88 Å². The fourth-order valence-electron chi connectivity index (χ4n) is 3.10. The summed E-state index contributed by atoms with van der Waals surface area (Å²) >= 11 is 0. The van der Waals surface area contributed by atoms with Crippen molar-refractivity contribution < 1.29 is 13.9 Å². The van der Waals surface area contributed by atoms with Gasteiger partial charge in [0.25, 0.3) is 0 Å². The lowest BCUT2D eigenvalue weighted by atomic mass is 10.1. The topological polar surface area (TPSA) is 67.4 Å². The molecule has 1 atom stereocenters. The molecule has 1 aromatic heterocycles. The van der Waals surface area contributed by atoms with Crippen LogP contribution in [0.4, 0.5) is 14.9 Å². The summed E-state index contributed by atoms with van der Waals surface area (Å²) in [6, 6.07) is 9.43. The second kappa shape index (κ2) is 7.27. The molecule has 0 bridgehead atoms. The van der Waals surface area contributed by atoms with E-state index in [1.165, 1.54) is 25.0 Å². The molecule has 136 valence electrons. The first-order valence-electron chi connectivity index (χ1n) is 8.95. The Balaban J connectivity index is 1.24. The summed E-state index contributed by atoms with van der Waals surface area (Å²) in [6.07, 6.45) is 3.28. The molecule has 2 fully saturated rings. The normalized spacial score (nSPS) is 19.4. The highest BCUT2D eigenvalue weighted by molar-refractivity contribution is 5.89. The largest absolute Gasteiger partial charge is 0.476 e. The van der Waals surface area contributed by atoms with Gasteiger partial charge in [-0.3, -0.25) is 0 Å². The van der Waals surface area contributed by atoms with Crippen LogP contribution in [0.1, 0.15) is 30.9 Å². The molecule has 2 aromatic rings. The molecule has 1 saturated carbocycles. The molecule has 1 N–H and O–H groups in total. The molecule has 1 aliphatic heterocycles. The predicted octanol–water partition coefficient (Wildman–Crippen LogP) is 3.43. The van der Waals surface area contributed by atoms with Crippen molar-refractivity contribution >= 4 is 11.7 Å². The molecule has 1 aromatic carbocycles. The van der Waals surface area contributed by atoms with Gasteiger partial charge in [-0.25, -0.2) is 9.18 Å². The van der Waals surface area contributed by atoms with Crippen molar-refractivity contribution in [1.82, 2.24) is 15.1 Å². The zero-order valence-electron chi connectivity index (χ0n) is 14.4. The fourth-order valence-corrected chi connectivity index (χ4v) is 3.10. The van der Waals surface area contributed by atoms with Gasteiger partial charge in [0.15, 0.2) is 0 Å². The average Bonchev–Trinajstić information content (AvgIpc) is 3.40. The van der Waals surface area contributed by atoms with Gasteiger partial charge >= 0.3 is 6.03 Å². The highest BCUT2D eigenvalue weighted by atomic mass is 19.1. The number of anilines is 1. The van der Waals surface area contributed by atoms with Gasteiger partial charge in [0.2, 0.25) is 5.88 Å². The molecule has 0 radical (unpaired) electrons. The number of nitrogens with zero attached hydrogens (tertiary/aromatic N) is 3. The summed E-state index contributed by atoms with van der Waals surface area (Å²) in [5.41, 5.74) is 1.63. The SMILES string of the molecule is O=C(Nc1ccc(F)cc1)N1CCC(COc2ccc(C3CC3)nn2)C1. The van der Waals surface area contributed by atoms with Crippen molar-refractivity contribution in [3.63, 3.8) is 0 Å². The van der Waals surface area contributed by atoms with Crippen LogP contribution in [0.25, 0.3) is 0 Å². The molecule has 4 rings (SSSR count). The number of aromatic nitrogens is 2. The first kappa shape index (κ1) is 16.8. The van der Waals surface area contributed by atoms with E-state index in [-0.39, 0.29) is 17.8 Å². The van der Waals surface area contributed by atoms with E-state index in [9.17, 15) is 9.18 Å². The monoisotopic (exact) mass is 356 g/mol. The second-order valence-electron chi connectivity index (χ2n) is 6.92. The highest BCUT2D eigenvalue weighted by Gasteiger charge is 2.27. The number of hydrogen-bond donors (Lipinski definition) is 1. The van der Waals surface area contributed by atoms with Crippen LogP contribution in [-0.4, -0.2) is 40.8 Å². The molecule has 2 amide bonds. The molecule has 0 spiro atoms. The molecule has 2 aliphatic rings. The van der Waals surface area contributed by atoms with Crippen LogP contribution in [0.3, 0.4) is 0 Å². The Morgan fingerprint density at radius 1 is 1.15 bits per heavy atom. The van der Waals surface area contributed by atoms with Crippen LogP contribution >= 0.6 is 0 Å². The lowest BCUT2D eigenvalue weighted by Crippen LogP contribution is -2.33. The van der Waals surface area contributed by atoms with Gasteiger partial charge in [0, 0.05) is 36.7 Å². The standard InChI is InChI=1S/C19H21FN4O2/c20-15-3-5-16(6-4-15)21-19(25)24-10-9-13(11-24)12-26-18-8-7-17(22-23-18)14-1-2-14/h3-8,13-14H,1-2,9-12H2,(H,21,25). The first-order chi connectivity index (χ1) is 12.7. The number of amides is 2. The quantitative estimate of drug-likeness (QED) is 0.891. The fraction of sp³-hybridized carbons (Fsp3) is 0.421. The van der Waals surface area contributed by atoms with Gasteiger partial charge in [0.1, 0.15) is 5.82 Å². The number of ether oxygens (including phenoxy) is 1. The van der Waals surface area contributed by atoms with Crippen LogP contribution < -0.4 is 10.1 Å². The number of halogens is 1. The lowest BCUT2D eigenvalue weighted by Gasteiger charge is -2.17. The zero-order chi connectivity index (χ0) is 17.9. The summed E-state index contributed by atoms with van der Waals surface area (Å²) in [4.78, 5) is 14.0. The minimum absolute atomic E-state index is 0.173. The Kier molecular flexibility index (Phi) is 4.69. The number of nitrogens with one attached hydrogen (secondary N) is 1. The highest BCUT2D eigenvalue weighted by Crippen LogP contribution is 2.38. The number of hydrogen-bond acceptors (Lipinski definition) is 4. The van der Waals surface area contributed by atoms with Gasteiger partial charge < -0.3 is 15.0 Å². The number of carbonyl (C=O) groups is 1. The Labute approximate surface area is 151 Å². The van der Waals surface area contributed by atoms with E-state index in [0.29, 0.717) is 37.2 Å². The Bertz CT molecular complexity index is 762. The molecule has 6 nitrogen and oxygen atoms in total. The summed E-state index contributed by atoms with van der Waals surface area (Å²) in [6.45, 7) is 1.81. The molecule has 2 heterocycles. The van der Waals surface area contributed by atoms with Gasteiger partial charge in [-0.15, -0.1) is 5.10 Å². The molecule has 1 aliphatic carbocycles. The Hall–Kier alpha value is -2.70. The Morgan fingerprint density at radius 2 is 1.96 bits per heavy atom. The van der Waals surface area contributed by atoms with Crippen molar-refractivity contribution in [2.75, 3.05) is 25.0 Å². The molecular weight excluding hydrogens is 335 g/mol. The number of carbonyl (C=O) groups excluding carboxylic acids is 1. The molecule has 1 saturated heterocycles. The van der Waals surface area contributed by atoms with Gasteiger partial charge in [-0.2, -0.15) is 5.10 Å². The third-order valence-corrected chi connectivity index (χ3v) is 4.79. The molecule has 26 heavy (non-hydrogen) atoms. The average molecular weight is 356 g/mol. The second-order valence-corrected chi connectivity index (χ2v) is 6.92. The maximum atomic E-state index is 12.9. The summed E-state index contributed by atoms with van der Waals surface area (Å²) < 4.78 is 18.6. The van der Waals surface area contributed by atoms with Crippen molar-refractivity contribution in [1.29, 1.82) is 0 Å². The first-order valence-corrected chi connectivity index (χ1v) is 8.95. The number of benzene rings is 1. The maximum Gasteiger partial charge on any atom is 0.321 e. The van der Waals surface area contributed by atoms with Crippen molar-refractivity contribution in [2.45, 2.75) is 25.2 Å². The minimum Gasteiger partial charge on any atom is -0.476 e. The summed E-state index contributed by atoms with van der Waals surface area (Å²) in [5.74, 6) is 1.05. The lowest BCUT2D eigenvalue weighted by molar-refractivity contribution is 0.212. The van der Waals surface area contributed by atoms with Crippen LogP contribution in [0, 0.1) is 11.7 Å². The van der Waals surface area contributed by atoms with E-state index >= 15 is 0 Å². The number of likely N-dealkylation sites (tertiary alicyclic amines) is 1. The third-order valence-electron chi connectivity index (χ3n) is 4.79. The van der Waals surface area contributed by atoms with E-state index in [1.807, 2.05) is 12.1 Å².